The summed E-state index contributed by atoms with van der Waals surface area (Å²) in [5.41, 5.74) is 4.15. The molecule has 0 amide bonds. The second-order valence-corrected chi connectivity index (χ2v) is 2.25. The quantitative estimate of drug-likeness (QED) is 0.397. The van der Waals surface area contributed by atoms with E-state index in [1.54, 1.807) is 0 Å². The van der Waals surface area contributed by atoms with E-state index in [-0.39, 0.29) is 0 Å². The predicted molar refractivity (Wildman–Crippen MR) is 37.5 cm³/mol. The first-order valence-corrected chi connectivity index (χ1v) is 3.51. The van der Waals surface area contributed by atoms with Gasteiger partial charge in [0.05, 0.1) is 0 Å². The molecule has 1 aliphatic carbocycles. The lowest BCUT2D eigenvalue weighted by Crippen LogP contribution is -1.85. The van der Waals surface area contributed by atoms with E-state index in [9.17, 15) is 0 Å². The van der Waals surface area contributed by atoms with Crippen LogP contribution < -0.4 is 5.73 Å². The molecule has 0 unspecified atom stereocenters. The summed E-state index contributed by atoms with van der Waals surface area (Å²) in [6, 6.07) is 0. The zero-order valence-corrected chi connectivity index (χ0v) is 5.77. The number of rotatable bonds is 0. The number of hydrogen-bond acceptors (Lipinski definition) is 2. The van der Waals surface area contributed by atoms with E-state index in [0.717, 1.165) is 0 Å². The van der Waals surface area contributed by atoms with Gasteiger partial charge in [0.25, 0.3) is 0 Å². The van der Waals surface area contributed by atoms with Gasteiger partial charge in [0, 0.05) is 0 Å². The van der Waals surface area contributed by atoms with Crippen LogP contribution in [0.15, 0.2) is 0 Å². The van der Waals surface area contributed by atoms with Crippen LogP contribution in [0.4, 0.5) is 0 Å². The highest BCUT2D eigenvalue weighted by Crippen LogP contribution is 2.15. The lowest BCUT2D eigenvalue weighted by atomic mass is 10.0. The molecule has 0 aliphatic heterocycles. The number of nitrogens with zero attached hydrogens (tertiary/aromatic N) is 1. The first-order valence-electron chi connectivity index (χ1n) is 3.51. The second kappa shape index (κ2) is 7.29. The monoisotopic (exact) mass is 126 g/mol. The summed E-state index contributed by atoms with van der Waals surface area (Å²) in [5, 5.41) is 7.10. The van der Waals surface area contributed by atoms with Crippen LogP contribution in [0.3, 0.4) is 0 Å². The second-order valence-electron chi connectivity index (χ2n) is 2.25. The van der Waals surface area contributed by atoms with E-state index >= 15 is 0 Å². The third-order valence-corrected chi connectivity index (χ3v) is 1.50. The molecular weight excluding hydrogens is 112 g/mol. The van der Waals surface area contributed by atoms with Gasteiger partial charge in [-0.2, -0.15) is 5.26 Å². The molecule has 9 heavy (non-hydrogen) atoms. The van der Waals surface area contributed by atoms with Gasteiger partial charge in [0.2, 0.25) is 0 Å². The molecule has 0 bridgehead atoms. The van der Waals surface area contributed by atoms with Crippen molar-refractivity contribution in [2.24, 2.45) is 5.73 Å². The topological polar surface area (TPSA) is 49.8 Å². The number of nitriles is 1. The molecule has 52 valence electrons. The van der Waals surface area contributed by atoms with Crippen molar-refractivity contribution in [3.63, 3.8) is 0 Å². The zero-order valence-electron chi connectivity index (χ0n) is 5.77. The molecule has 0 saturated heterocycles. The lowest BCUT2D eigenvalue weighted by Gasteiger charge is -2.05. The molecule has 0 heterocycles. The van der Waals surface area contributed by atoms with E-state index in [1.807, 2.05) is 0 Å². The van der Waals surface area contributed by atoms with E-state index < -0.39 is 0 Å². The molecular formula is C7H14N2. The Labute approximate surface area is 56.7 Å². The van der Waals surface area contributed by atoms with Crippen LogP contribution in [0.25, 0.3) is 0 Å². The Morgan fingerprint density at radius 1 is 0.889 bits per heavy atom. The fourth-order valence-corrected chi connectivity index (χ4v) is 1.06. The van der Waals surface area contributed by atoms with E-state index in [1.165, 1.54) is 44.7 Å². The molecule has 1 saturated carbocycles. The van der Waals surface area contributed by atoms with Crippen LogP contribution in [-0.2, 0) is 0 Å². The van der Waals surface area contributed by atoms with Crippen molar-refractivity contribution in [1.29, 1.82) is 5.26 Å². The van der Waals surface area contributed by atoms with Crippen molar-refractivity contribution >= 4 is 0 Å². The number of nitrogens with two attached hydrogens (primary N) is 1. The maximum Gasteiger partial charge on any atom is 0.173 e. The average molecular weight is 126 g/mol. The van der Waals surface area contributed by atoms with Gasteiger partial charge in [0.15, 0.2) is 6.19 Å². The van der Waals surface area contributed by atoms with Gasteiger partial charge in [-0.25, -0.2) is 0 Å². The van der Waals surface area contributed by atoms with Crippen molar-refractivity contribution in [3.8, 4) is 6.19 Å². The average Bonchev–Trinajstić information content (AvgIpc) is 1.93. The molecule has 0 spiro atoms. The van der Waals surface area contributed by atoms with Crippen molar-refractivity contribution in [3.05, 3.63) is 0 Å². The minimum absolute atomic E-state index is 1.25. The van der Waals surface area contributed by atoms with Gasteiger partial charge in [-0.1, -0.05) is 38.5 Å². The Morgan fingerprint density at radius 3 is 1.11 bits per heavy atom. The Morgan fingerprint density at radius 2 is 1.00 bits per heavy atom. The summed E-state index contributed by atoms with van der Waals surface area (Å²) < 4.78 is 0. The van der Waals surface area contributed by atoms with Gasteiger partial charge < -0.3 is 5.73 Å². The van der Waals surface area contributed by atoms with E-state index in [4.69, 9.17) is 5.26 Å². The highest BCUT2D eigenvalue weighted by molar-refractivity contribution is 4.51. The minimum Gasteiger partial charge on any atom is -0.337 e. The summed E-state index contributed by atoms with van der Waals surface area (Å²) >= 11 is 0. The maximum absolute atomic E-state index is 7.10. The van der Waals surface area contributed by atoms with Gasteiger partial charge in [-0.15, -0.1) is 0 Å². The first kappa shape index (κ1) is 8.29. The third-order valence-electron chi connectivity index (χ3n) is 1.50. The van der Waals surface area contributed by atoms with Gasteiger partial charge in [-0.3, -0.25) is 0 Å². The van der Waals surface area contributed by atoms with Crippen LogP contribution in [0.2, 0.25) is 0 Å². The van der Waals surface area contributed by atoms with E-state index in [0.29, 0.717) is 0 Å². The lowest BCUT2D eigenvalue weighted by molar-refractivity contribution is 0.504. The van der Waals surface area contributed by atoms with Crippen LogP contribution >= 0.6 is 0 Å². The van der Waals surface area contributed by atoms with Gasteiger partial charge in [0.1, 0.15) is 0 Å². The van der Waals surface area contributed by atoms with E-state index in [2.05, 4.69) is 5.73 Å². The Balaban J connectivity index is 0.000000187. The number of hydrogen-bond donors (Lipinski definition) is 1. The summed E-state index contributed by atoms with van der Waals surface area (Å²) in [4.78, 5) is 0. The molecule has 0 atom stereocenters. The van der Waals surface area contributed by atoms with Crippen molar-refractivity contribution < 1.29 is 0 Å². The zero-order chi connectivity index (χ0) is 6.95. The summed E-state index contributed by atoms with van der Waals surface area (Å²) in [5.74, 6) is 0. The Kier molecular flexibility index (Phi) is 6.71. The normalized spacial score (nSPS) is 16.8. The summed E-state index contributed by atoms with van der Waals surface area (Å²) in [6.07, 6.45) is 10.2. The Bertz CT molecular complexity index is 67.9. The van der Waals surface area contributed by atoms with Gasteiger partial charge in [-0.05, 0) is 0 Å². The highest BCUT2D eigenvalue weighted by atomic mass is 14.5. The molecule has 2 N–H and O–H groups in total. The molecule has 2 nitrogen and oxygen atoms in total. The van der Waals surface area contributed by atoms with Crippen LogP contribution in [-0.4, -0.2) is 0 Å². The molecule has 1 aliphatic rings. The third kappa shape index (κ3) is 7.29. The molecule has 1 fully saturated rings. The molecule has 0 aromatic heterocycles. The van der Waals surface area contributed by atoms with Crippen LogP contribution in [0, 0.1) is 11.5 Å². The summed E-state index contributed by atoms with van der Waals surface area (Å²) in [7, 11) is 0. The highest BCUT2D eigenvalue weighted by Gasteiger charge is 1.95. The van der Waals surface area contributed by atoms with Crippen LogP contribution in [0.5, 0.6) is 0 Å². The predicted octanol–water partition coefficient (Wildman–Crippen LogP) is 1.77. The summed E-state index contributed by atoms with van der Waals surface area (Å²) in [6.45, 7) is 0. The van der Waals surface area contributed by atoms with Crippen molar-refractivity contribution in [1.82, 2.24) is 0 Å². The fraction of sp³-hybridized carbons (Fsp3) is 0.857. The van der Waals surface area contributed by atoms with Gasteiger partial charge >= 0.3 is 0 Å². The maximum atomic E-state index is 7.10. The molecule has 0 aromatic carbocycles. The molecule has 2 heteroatoms. The van der Waals surface area contributed by atoms with Crippen molar-refractivity contribution in [2.75, 3.05) is 0 Å². The molecule has 1 rings (SSSR count). The largest absolute Gasteiger partial charge is 0.337 e. The van der Waals surface area contributed by atoms with Crippen LogP contribution in [0.1, 0.15) is 38.5 Å². The SMILES string of the molecule is C1CCCCC1.N#CN. The Hall–Kier alpha value is -0.710. The standard InChI is InChI=1S/C6H12.CH2N2/c1-2-4-6-5-3-1;2-1-3/h1-6H2;2H2. The first-order chi connectivity index (χ1) is 4.41. The van der Waals surface area contributed by atoms with Crippen molar-refractivity contribution in [2.45, 2.75) is 38.5 Å². The smallest absolute Gasteiger partial charge is 0.173 e. The fourth-order valence-electron chi connectivity index (χ4n) is 1.06. The molecule has 0 aromatic rings. The molecule has 0 radical (unpaired) electrons. The minimum atomic E-state index is 1.25.